The molecule has 0 unspecified atom stereocenters. The van der Waals surface area contributed by atoms with Gasteiger partial charge in [-0.25, -0.2) is 0 Å². The maximum Gasteiger partial charge on any atom is 0.235 e. The Morgan fingerprint density at radius 2 is 1.68 bits per heavy atom. The molecule has 0 radical (unpaired) electrons. The molecule has 0 aliphatic rings. The third kappa shape index (κ3) is 2.82. The number of ether oxygens (including phenoxy) is 2. The van der Waals surface area contributed by atoms with E-state index in [-0.39, 0.29) is 0 Å². The normalized spacial score (nSPS) is 10.8. The lowest BCUT2D eigenvalue weighted by Crippen LogP contribution is -1.90. The predicted octanol–water partition coefficient (Wildman–Crippen LogP) is 3.10. The molecule has 0 amide bonds. The zero-order chi connectivity index (χ0) is 13.8. The van der Waals surface area contributed by atoms with E-state index in [9.17, 15) is 10.1 Å². The monoisotopic (exact) mass is 259 g/mol. The Labute approximate surface area is 110 Å². The van der Waals surface area contributed by atoms with Crippen LogP contribution in [-0.2, 0) is 0 Å². The standard InChI is InChI=1S/C14H13NO4/c1-18-13-8-11-4-3-10(5-6-15(16)17)7-12(11)9-14(13)19-2/h3-9H,1-2H3/b6-5-. The molecular formula is C14H13NO4. The molecule has 0 N–H and O–H groups in total. The average Bonchev–Trinajstić information content (AvgIpc) is 2.43. The highest BCUT2D eigenvalue weighted by Gasteiger charge is 2.06. The lowest BCUT2D eigenvalue weighted by atomic mass is 10.1. The van der Waals surface area contributed by atoms with Gasteiger partial charge in [-0.2, -0.15) is 0 Å². The number of nitro groups is 1. The van der Waals surface area contributed by atoms with E-state index in [0.29, 0.717) is 11.5 Å². The minimum Gasteiger partial charge on any atom is -0.493 e. The summed E-state index contributed by atoms with van der Waals surface area (Å²) in [5, 5.41) is 12.2. The van der Waals surface area contributed by atoms with E-state index in [0.717, 1.165) is 22.5 Å². The first-order valence-corrected chi connectivity index (χ1v) is 5.61. The number of rotatable bonds is 4. The van der Waals surface area contributed by atoms with E-state index >= 15 is 0 Å². The second-order valence-corrected chi connectivity index (χ2v) is 3.91. The fourth-order valence-electron chi connectivity index (χ4n) is 1.84. The first-order chi connectivity index (χ1) is 9.13. The summed E-state index contributed by atoms with van der Waals surface area (Å²) in [6.45, 7) is 0. The third-order valence-electron chi connectivity index (χ3n) is 2.76. The van der Waals surface area contributed by atoms with Gasteiger partial charge in [-0.3, -0.25) is 10.1 Å². The van der Waals surface area contributed by atoms with Gasteiger partial charge in [-0.15, -0.1) is 0 Å². The molecule has 0 aromatic heterocycles. The molecular weight excluding hydrogens is 246 g/mol. The fourth-order valence-corrected chi connectivity index (χ4v) is 1.84. The second-order valence-electron chi connectivity index (χ2n) is 3.91. The molecule has 2 aromatic rings. The van der Waals surface area contributed by atoms with E-state index in [1.54, 1.807) is 14.2 Å². The van der Waals surface area contributed by atoms with E-state index in [1.807, 2.05) is 30.3 Å². The molecule has 0 heterocycles. The van der Waals surface area contributed by atoms with Crippen molar-refractivity contribution >= 4 is 16.8 Å². The van der Waals surface area contributed by atoms with Crippen LogP contribution in [0.1, 0.15) is 5.56 Å². The van der Waals surface area contributed by atoms with E-state index in [4.69, 9.17) is 9.47 Å². The fraction of sp³-hybridized carbons (Fsp3) is 0.143. The molecule has 2 aromatic carbocycles. The number of hydrogen-bond acceptors (Lipinski definition) is 4. The Morgan fingerprint density at radius 1 is 1.05 bits per heavy atom. The van der Waals surface area contributed by atoms with Gasteiger partial charge in [0.2, 0.25) is 6.20 Å². The largest absolute Gasteiger partial charge is 0.493 e. The van der Waals surface area contributed by atoms with Crippen molar-refractivity contribution in [2.24, 2.45) is 0 Å². The van der Waals surface area contributed by atoms with Gasteiger partial charge >= 0.3 is 0 Å². The van der Waals surface area contributed by atoms with E-state index in [1.165, 1.54) is 6.08 Å². The van der Waals surface area contributed by atoms with Crippen LogP contribution in [0.4, 0.5) is 0 Å². The van der Waals surface area contributed by atoms with Crippen LogP contribution in [0, 0.1) is 10.1 Å². The highest BCUT2D eigenvalue weighted by molar-refractivity contribution is 5.88. The molecule has 98 valence electrons. The summed E-state index contributed by atoms with van der Waals surface area (Å²) < 4.78 is 10.5. The Morgan fingerprint density at radius 3 is 2.26 bits per heavy atom. The van der Waals surface area contributed by atoms with Crippen LogP contribution >= 0.6 is 0 Å². The van der Waals surface area contributed by atoms with Gasteiger partial charge in [0.15, 0.2) is 11.5 Å². The van der Waals surface area contributed by atoms with Crippen LogP contribution < -0.4 is 9.47 Å². The minimum absolute atomic E-state index is 0.487. The first-order valence-electron chi connectivity index (χ1n) is 5.61. The van der Waals surface area contributed by atoms with Crippen molar-refractivity contribution in [1.29, 1.82) is 0 Å². The summed E-state index contributed by atoms with van der Waals surface area (Å²) >= 11 is 0. The summed E-state index contributed by atoms with van der Waals surface area (Å²) in [4.78, 5) is 9.82. The number of nitrogens with zero attached hydrogens (tertiary/aromatic N) is 1. The first kappa shape index (κ1) is 12.9. The summed E-state index contributed by atoms with van der Waals surface area (Å²) in [5.41, 5.74) is 0.761. The Kier molecular flexibility index (Phi) is 3.66. The highest BCUT2D eigenvalue weighted by atomic mass is 16.6. The van der Waals surface area contributed by atoms with Crippen molar-refractivity contribution in [1.82, 2.24) is 0 Å². The van der Waals surface area contributed by atoms with Gasteiger partial charge in [0.05, 0.1) is 19.1 Å². The quantitative estimate of drug-likeness (QED) is 0.625. The average molecular weight is 259 g/mol. The molecule has 0 bridgehead atoms. The summed E-state index contributed by atoms with van der Waals surface area (Å²) in [6.07, 6.45) is 2.37. The van der Waals surface area contributed by atoms with Crippen molar-refractivity contribution in [3.8, 4) is 11.5 Å². The molecule has 0 aliphatic carbocycles. The molecule has 0 spiro atoms. The Balaban J connectivity index is 2.50. The SMILES string of the molecule is COc1cc2ccc(/C=C\[N+](=O)[O-])cc2cc1OC. The number of benzene rings is 2. The van der Waals surface area contributed by atoms with Crippen LogP contribution in [0.3, 0.4) is 0 Å². The van der Waals surface area contributed by atoms with Crippen LogP contribution in [0.15, 0.2) is 36.5 Å². The van der Waals surface area contributed by atoms with Crippen LogP contribution in [-0.4, -0.2) is 19.1 Å². The number of methoxy groups -OCH3 is 2. The zero-order valence-electron chi connectivity index (χ0n) is 10.6. The van der Waals surface area contributed by atoms with Crippen molar-refractivity contribution in [3.63, 3.8) is 0 Å². The Bertz CT molecular complexity index is 649. The molecule has 0 saturated heterocycles. The Hall–Kier alpha value is -2.56. The van der Waals surface area contributed by atoms with Crippen LogP contribution in [0.2, 0.25) is 0 Å². The second kappa shape index (κ2) is 5.39. The van der Waals surface area contributed by atoms with Crippen LogP contribution in [0.25, 0.3) is 16.8 Å². The molecule has 19 heavy (non-hydrogen) atoms. The lowest BCUT2D eigenvalue weighted by Gasteiger charge is -2.09. The van der Waals surface area contributed by atoms with Crippen LogP contribution in [0.5, 0.6) is 11.5 Å². The van der Waals surface area contributed by atoms with Crippen molar-refractivity contribution < 1.29 is 14.4 Å². The zero-order valence-corrected chi connectivity index (χ0v) is 10.6. The summed E-state index contributed by atoms with van der Waals surface area (Å²) in [7, 11) is 3.15. The van der Waals surface area contributed by atoms with E-state index in [2.05, 4.69) is 0 Å². The molecule has 0 saturated carbocycles. The lowest BCUT2D eigenvalue weighted by molar-refractivity contribution is -0.400. The van der Waals surface area contributed by atoms with Gasteiger partial charge in [0.25, 0.3) is 0 Å². The molecule has 0 aliphatic heterocycles. The van der Waals surface area contributed by atoms with Crippen molar-refractivity contribution in [2.45, 2.75) is 0 Å². The molecule has 5 nitrogen and oxygen atoms in total. The topological polar surface area (TPSA) is 61.6 Å². The molecule has 5 heteroatoms. The van der Waals surface area contributed by atoms with Gasteiger partial charge in [0, 0.05) is 6.08 Å². The van der Waals surface area contributed by atoms with Gasteiger partial charge < -0.3 is 9.47 Å². The minimum atomic E-state index is -0.487. The predicted molar refractivity (Wildman–Crippen MR) is 73.1 cm³/mol. The van der Waals surface area contributed by atoms with E-state index < -0.39 is 4.92 Å². The van der Waals surface area contributed by atoms with Crippen molar-refractivity contribution in [3.05, 3.63) is 52.2 Å². The third-order valence-corrected chi connectivity index (χ3v) is 2.76. The van der Waals surface area contributed by atoms with Crippen molar-refractivity contribution in [2.75, 3.05) is 14.2 Å². The number of hydrogen-bond donors (Lipinski definition) is 0. The molecule has 2 rings (SSSR count). The smallest absolute Gasteiger partial charge is 0.235 e. The maximum absolute atomic E-state index is 10.3. The molecule has 0 fully saturated rings. The summed E-state index contributed by atoms with van der Waals surface area (Å²) in [5.74, 6) is 1.29. The summed E-state index contributed by atoms with van der Waals surface area (Å²) in [6, 6.07) is 9.27. The maximum atomic E-state index is 10.3. The van der Waals surface area contributed by atoms with Gasteiger partial charge in [-0.1, -0.05) is 12.1 Å². The van der Waals surface area contributed by atoms with Gasteiger partial charge in [0.1, 0.15) is 0 Å². The highest BCUT2D eigenvalue weighted by Crippen LogP contribution is 2.32. The van der Waals surface area contributed by atoms with Gasteiger partial charge in [-0.05, 0) is 34.5 Å². The molecule has 0 atom stereocenters. The number of fused-ring (bicyclic) bond motifs is 1.